The Labute approximate surface area is 376 Å². The zero-order valence-electron chi connectivity index (χ0n) is 31.0. The van der Waals surface area contributed by atoms with Crippen LogP contribution in [0.2, 0.25) is 10.0 Å². The Kier molecular flexibility index (Phi) is 11.8. The highest BCUT2D eigenvalue weighted by Gasteiger charge is 2.22. The van der Waals surface area contributed by atoms with Gasteiger partial charge in [0, 0.05) is 41.9 Å². The number of hydrogen-bond donors (Lipinski definition) is 3. The Morgan fingerprint density at radius 2 is 1.32 bits per heavy atom. The Bertz CT molecular complexity index is 2990. The van der Waals surface area contributed by atoms with E-state index in [0.717, 1.165) is 57.9 Å². The molecule has 0 atom stereocenters. The third-order valence-corrected chi connectivity index (χ3v) is 14.0. The van der Waals surface area contributed by atoms with Crippen LogP contribution in [0.1, 0.15) is 11.1 Å². The van der Waals surface area contributed by atoms with Gasteiger partial charge in [0.1, 0.15) is 11.8 Å². The summed E-state index contributed by atoms with van der Waals surface area (Å²) in [7, 11) is 0. The molecule has 0 aliphatic carbocycles. The van der Waals surface area contributed by atoms with E-state index in [1.165, 1.54) is 29.9 Å². The number of halogens is 4. The van der Waals surface area contributed by atoms with Crippen LogP contribution in [0.15, 0.2) is 115 Å². The minimum atomic E-state index is 0.156. The Morgan fingerprint density at radius 3 is 1.95 bits per heavy atom. The first-order chi connectivity index (χ1) is 29.2. The van der Waals surface area contributed by atoms with Gasteiger partial charge in [-0.1, -0.05) is 83.1 Å². The van der Waals surface area contributed by atoms with Gasteiger partial charge in [-0.05, 0) is 92.2 Å². The number of nitrogens with one attached hydrogen (secondary N) is 2. The summed E-state index contributed by atoms with van der Waals surface area (Å²) < 4.78 is 27.6. The number of rotatable bonds is 10. The van der Waals surface area contributed by atoms with Crippen LogP contribution in [0.5, 0.6) is 23.0 Å². The van der Waals surface area contributed by atoms with E-state index in [1.807, 2.05) is 81.9 Å². The topological polar surface area (TPSA) is 177 Å². The van der Waals surface area contributed by atoms with Crippen molar-refractivity contribution in [2.45, 2.75) is 46.0 Å². The maximum Gasteiger partial charge on any atom is 0.231 e. The largest absolute Gasteiger partial charge is 0.454 e. The van der Waals surface area contributed by atoms with Crippen molar-refractivity contribution in [3.05, 3.63) is 121 Å². The van der Waals surface area contributed by atoms with E-state index in [-0.39, 0.29) is 19.1 Å². The van der Waals surface area contributed by atoms with Crippen LogP contribution in [0.4, 0.5) is 5.82 Å². The van der Waals surface area contributed by atoms with Gasteiger partial charge in [0.25, 0.3) is 0 Å². The Hall–Kier alpha value is -4.98. The number of nitrogen functional groups attached to an aromatic ring is 1. The van der Waals surface area contributed by atoms with Gasteiger partial charge in [0.15, 0.2) is 61.4 Å². The molecule has 0 saturated carbocycles. The third-order valence-electron chi connectivity index (χ3n) is 9.43. The first-order valence-corrected chi connectivity index (χ1v) is 22.1. The highest BCUT2D eigenvalue weighted by atomic mass is 79.9. The van der Waals surface area contributed by atoms with Crippen LogP contribution in [0.3, 0.4) is 0 Å². The normalized spacial score (nSPS) is 12.6. The average molecular weight is 1010 g/mol. The number of anilines is 1. The maximum absolute atomic E-state index is 8.15. The number of nitrogens with zero attached hydrogens (tertiary/aromatic N) is 7. The van der Waals surface area contributed by atoms with Gasteiger partial charge in [-0.2, -0.15) is 0 Å². The highest BCUT2D eigenvalue weighted by molar-refractivity contribution is 9.10. The zero-order chi connectivity index (χ0) is 41.3. The summed E-state index contributed by atoms with van der Waals surface area (Å²) >= 11 is 22.7. The molecule has 0 bridgehead atoms. The molecule has 8 aromatic rings. The summed E-state index contributed by atoms with van der Waals surface area (Å²) in [6, 6.07) is 23.2. The molecule has 0 spiro atoms. The first-order valence-electron chi connectivity index (χ1n) is 18.2. The number of ether oxygens (including phenoxy) is 4. The van der Waals surface area contributed by atoms with Crippen molar-refractivity contribution in [2.75, 3.05) is 19.3 Å². The van der Waals surface area contributed by atoms with E-state index in [0.29, 0.717) is 69.4 Å². The standard InChI is InChI=1S/2C20H15BrClN5O2S/c21-12-7-14-15(29-10-28-14)8-16(12)30-20-25-17-18(23)24-9-27(19(17)26-20)6-5-11-3-1-2-4-13(11)22;21-12-7-14-15(29-10-28-14)8-16(12)30-20-26-17-18(23)24-9-25-19(17)27(20)6-5-11-3-1-2-4-13(11)22/h1-4,7-9,23H,5-6,10H2,(H,25,26);1-4,7-9H,5-6,10H2,(H2,23,24,25). The van der Waals surface area contributed by atoms with E-state index >= 15 is 0 Å². The second-order valence-corrected chi connectivity index (χ2v) is 17.7. The van der Waals surface area contributed by atoms with Gasteiger partial charge in [0.05, 0.1) is 6.33 Å². The lowest BCUT2D eigenvalue weighted by Gasteiger charge is -2.10. The molecular formula is C40H30Br2Cl2N10O4S2. The van der Waals surface area contributed by atoms with Gasteiger partial charge in [-0.15, -0.1) is 0 Å². The van der Waals surface area contributed by atoms with Crippen molar-refractivity contribution >= 4 is 107 Å². The van der Waals surface area contributed by atoms with Crippen molar-refractivity contribution in [1.82, 2.24) is 39.0 Å². The SMILES string of the molecule is N=c1ncn(CCc2ccccc2Cl)c2nc(Sc3cc4c(cc3Br)OCO4)[nH]c12.Nc1ncnc2c1nc(Sc1cc3c(cc1Br)OCO3)n2CCc1ccccc1Cl. The summed E-state index contributed by atoms with van der Waals surface area (Å²) in [4.78, 5) is 27.2. The molecule has 0 unspecified atom stereocenters. The summed E-state index contributed by atoms with van der Waals surface area (Å²) in [5.41, 5.74) is 10.9. The predicted molar refractivity (Wildman–Crippen MR) is 237 cm³/mol. The lowest BCUT2D eigenvalue weighted by atomic mass is 10.1. The second-order valence-electron chi connectivity index (χ2n) is 13.2. The van der Waals surface area contributed by atoms with Gasteiger partial charge < -0.3 is 38.8 Å². The zero-order valence-corrected chi connectivity index (χ0v) is 37.3. The predicted octanol–water partition coefficient (Wildman–Crippen LogP) is 9.72. The van der Waals surface area contributed by atoms with Gasteiger partial charge in [0.2, 0.25) is 13.6 Å². The number of nitrogens with two attached hydrogens (primary N) is 1. The van der Waals surface area contributed by atoms with Crippen LogP contribution in [-0.4, -0.2) is 52.6 Å². The van der Waals surface area contributed by atoms with Crippen LogP contribution in [0, 0.1) is 5.41 Å². The minimum absolute atomic E-state index is 0.156. The fraction of sp³-hybridized carbons (Fsp3) is 0.150. The molecular weight excluding hydrogens is 979 g/mol. The number of aromatic nitrogens is 8. The first kappa shape index (κ1) is 40.4. The number of imidazole rings is 2. The Balaban J connectivity index is 0.000000154. The number of H-pyrrole nitrogens is 1. The number of aryl methyl sites for hydroxylation is 4. The lowest BCUT2D eigenvalue weighted by Crippen LogP contribution is -2.13. The molecule has 4 aromatic heterocycles. The van der Waals surface area contributed by atoms with E-state index in [4.69, 9.17) is 63.3 Å². The number of fused-ring (bicyclic) bond motifs is 4. The second kappa shape index (κ2) is 17.6. The van der Waals surface area contributed by atoms with Crippen molar-refractivity contribution in [1.29, 1.82) is 5.41 Å². The molecule has 0 radical (unpaired) electrons. The third kappa shape index (κ3) is 8.49. The molecule has 0 fully saturated rings. The average Bonchev–Trinajstić information content (AvgIpc) is 4.06. The molecule has 4 aromatic carbocycles. The van der Waals surface area contributed by atoms with Gasteiger partial charge in [-0.25, -0.2) is 24.9 Å². The quantitative estimate of drug-likeness (QED) is 0.118. The van der Waals surface area contributed by atoms with Gasteiger partial charge >= 0.3 is 0 Å². The van der Waals surface area contributed by atoms with Crippen molar-refractivity contribution in [3.8, 4) is 23.0 Å². The summed E-state index contributed by atoms with van der Waals surface area (Å²) in [5.74, 6) is 3.19. The minimum Gasteiger partial charge on any atom is -0.454 e. The van der Waals surface area contributed by atoms with Crippen LogP contribution in [-0.2, 0) is 25.9 Å². The maximum atomic E-state index is 8.15. The molecule has 6 heterocycles. The summed E-state index contributed by atoms with van der Waals surface area (Å²) in [6.45, 7) is 1.73. The molecule has 10 rings (SSSR count). The molecule has 60 heavy (non-hydrogen) atoms. The van der Waals surface area contributed by atoms with Crippen molar-refractivity contribution in [3.63, 3.8) is 0 Å². The van der Waals surface area contributed by atoms with Crippen molar-refractivity contribution < 1.29 is 18.9 Å². The molecule has 20 heteroatoms. The molecule has 0 amide bonds. The van der Waals surface area contributed by atoms with Crippen molar-refractivity contribution in [2.24, 2.45) is 0 Å². The lowest BCUT2D eigenvalue weighted by molar-refractivity contribution is 0.173. The van der Waals surface area contributed by atoms with E-state index < -0.39 is 0 Å². The van der Waals surface area contributed by atoms with Crippen LogP contribution in [0.25, 0.3) is 22.3 Å². The van der Waals surface area contributed by atoms with Crippen LogP contribution < -0.4 is 30.2 Å². The molecule has 2 aliphatic rings. The highest BCUT2D eigenvalue weighted by Crippen LogP contribution is 2.44. The van der Waals surface area contributed by atoms with E-state index in [1.54, 1.807) is 6.33 Å². The number of benzene rings is 4. The monoisotopic (exact) mass is 1010 g/mol. The molecule has 4 N–H and O–H groups in total. The van der Waals surface area contributed by atoms with Gasteiger partial charge in [-0.3, -0.25) is 5.41 Å². The fourth-order valence-corrected chi connectivity index (χ4v) is 9.77. The molecule has 0 saturated heterocycles. The smallest absolute Gasteiger partial charge is 0.231 e. The van der Waals surface area contributed by atoms with E-state index in [9.17, 15) is 0 Å². The fourth-order valence-electron chi connectivity index (χ4n) is 6.42. The molecule has 14 nitrogen and oxygen atoms in total. The van der Waals surface area contributed by atoms with Crippen LogP contribution >= 0.6 is 78.6 Å². The Morgan fingerprint density at radius 1 is 0.733 bits per heavy atom. The molecule has 304 valence electrons. The number of hydrogen-bond acceptors (Lipinski definition) is 13. The summed E-state index contributed by atoms with van der Waals surface area (Å²) in [6.07, 6.45) is 4.57. The summed E-state index contributed by atoms with van der Waals surface area (Å²) in [5, 5.41) is 11.1. The molecule has 2 aliphatic heterocycles. The van der Waals surface area contributed by atoms with E-state index in [2.05, 4.69) is 51.8 Å². The number of aromatic amines is 1.